The highest BCUT2D eigenvalue weighted by Crippen LogP contribution is 2.24. The highest BCUT2D eigenvalue weighted by Gasteiger charge is 2.36. The minimum absolute atomic E-state index is 0.0272. The van der Waals surface area contributed by atoms with E-state index in [4.69, 9.17) is 9.47 Å². The Morgan fingerprint density at radius 1 is 1.35 bits per heavy atom. The molecule has 1 aromatic carbocycles. The summed E-state index contributed by atoms with van der Waals surface area (Å²) in [4.78, 5) is 12.2. The van der Waals surface area contributed by atoms with Gasteiger partial charge >= 0.3 is 5.97 Å². The van der Waals surface area contributed by atoms with Crippen molar-refractivity contribution < 1.29 is 22.7 Å². The lowest BCUT2D eigenvalue weighted by molar-refractivity contribution is -0.147. The zero-order valence-corrected chi connectivity index (χ0v) is 16.0. The second kappa shape index (κ2) is 8.12. The lowest BCUT2D eigenvalue weighted by Crippen LogP contribution is -2.49. The van der Waals surface area contributed by atoms with Crippen LogP contribution in [0.15, 0.2) is 29.2 Å². The Kier molecular flexibility index (Phi) is 7.03. The third kappa shape index (κ3) is 5.78. The van der Waals surface area contributed by atoms with Gasteiger partial charge in [-0.1, -0.05) is 42.8 Å². The maximum Gasteiger partial charge on any atom is 0.324 e. The summed E-state index contributed by atoms with van der Waals surface area (Å²) >= 11 is 3.16. The van der Waals surface area contributed by atoms with Gasteiger partial charge < -0.3 is 9.47 Å². The number of ether oxygens (including phenoxy) is 2. The van der Waals surface area contributed by atoms with Crippen LogP contribution in [0.5, 0.6) is 5.75 Å². The molecule has 1 aromatic rings. The molecule has 0 spiro atoms. The zero-order chi connectivity index (χ0) is 17.7. The predicted octanol–water partition coefficient (Wildman–Crippen LogP) is 2.33. The van der Waals surface area contributed by atoms with Crippen molar-refractivity contribution in [2.24, 2.45) is 5.41 Å². The molecule has 0 radical (unpaired) electrons. The Hall–Kier alpha value is -1.12. The van der Waals surface area contributed by atoms with Crippen molar-refractivity contribution in [3.8, 4) is 5.75 Å². The number of methoxy groups -OCH3 is 1. The van der Waals surface area contributed by atoms with Crippen molar-refractivity contribution in [2.45, 2.75) is 31.7 Å². The quantitative estimate of drug-likeness (QED) is 0.553. The lowest BCUT2D eigenvalue weighted by Gasteiger charge is -2.29. The van der Waals surface area contributed by atoms with Gasteiger partial charge in [-0.15, -0.1) is 0 Å². The van der Waals surface area contributed by atoms with Gasteiger partial charge in [-0.25, -0.2) is 8.42 Å². The van der Waals surface area contributed by atoms with Crippen LogP contribution in [-0.4, -0.2) is 39.5 Å². The number of esters is 1. The number of hydrogen-bond donors (Lipinski definition) is 1. The molecule has 0 heterocycles. The molecule has 1 rings (SSSR count). The molecule has 23 heavy (non-hydrogen) atoms. The molecule has 1 atom stereocenters. The molecule has 0 aliphatic rings. The molecule has 0 unspecified atom stereocenters. The Bertz CT molecular complexity index is 640. The summed E-state index contributed by atoms with van der Waals surface area (Å²) < 4.78 is 37.6. The predicted molar refractivity (Wildman–Crippen MR) is 91.3 cm³/mol. The van der Waals surface area contributed by atoms with Gasteiger partial charge in [0.2, 0.25) is 10.0 Å². The van der Waals surface area contributed by atoms with E-state index in [9.17, 15) is 13.2 Å². The molecular formula is C15H22BrNO5S. The molecule has 0 amide bonds. The number of carbonyl (C=O) groups excluding carboxylic acids is 1. The van der Waals surface area contributed by atoms with E-state index in [1.54, 1.807) is 32.9 Å². The molecule has 6 nitrogen and oxygen atoms in total. The number of benzene rings is 1. The molecule has 0 bridgehead atoms. The van der Waals surface area contributed by atoms with Gasteiger partial charge in [-0.05, 0) is 17.5 Å². The Labute approximate surface area is 145 Å². The normalized spacial score (nSPS) is 13.4. The molecule has 1 N–H and O–H groups in total. The number of sulfonamides is 1. The monoisotopic (exact) mass is 407 g/mol. The third-order valence-corrected chi connectivity index (χ3v) is 4.79. The van der Waals surface area contributed by atoms with Gasteiger partial charge in [0.15, 0.2) is 0 Å². The fraction of sp³-hybridized carbons (Fsp3) is 0.533. The van der Waals surface area contributed by atoms with Crippen LogP contribution in [0.2, 0.25) is 0 Å². The average Bonchev–Trinajstić information content (AvgIpc) is 2.49. The lowest BCUT2D eigenvalue weighted by atomic mass is 9.87. The first-order valence-electron chi connectivity index (χ1n) is 7.01. The van der Waals surface area contributed by atoms with E-state index in [0.717, 1.165) is 0 Å². The van der Waals surface area contributed by atoms with Crippen LogP contribution in [-0.2, 0) is 19.6 Å². The van der Waals surface area contributed by atoms with E-state index in [-0.39, 0.29) is 11.5 Å². The van der Waals surface area contributed by atoms with Crippen LogP contribution < -0.4 is 9.46 Å². The maximum absolute atomic E-state index is 12.6. The van der Waals surface area contributed by atoms with Crippen molar-refractivity contribution in [3.63, 3.8) is 0 Å². The van der Waals surface area contributed by atoms with Crippen molar-refractivity contribution in [2.75, 3.05) is 19.0 Å². The van der Waals surface area contributed by atoms with Crippen LogP contribution >= 0.6 is 15.9 Å². The number of alkyl halides is 1. The molecule has 0 fully saturated rings. The van der Waals surface area contributed by atoms with Crippen LogP contribution in [0, 0.1) is 5.41 Å². The van der Waals surface area contributed by atoms with Gasteiger partial charge in [-0.2, -0.15) is 4.72 Å². The minimum atomic E-state index is -3.89. The van der Waals surface area contributed by atoms with Crippen molar-refractivity contribution in [1.82, 2.24) is 4.72 Å². The molecule has 0 saturated carbocycles. The first-order chi connectivity index (χ1) is 10.6. The summed E-state index contributed by atoms with van der Waals surface area (Å²) in [6, 6.07) is 5.05. The summed E-state index contributed by atoms with van der Waals surface area (Å²) in [5, 5.41) is 0.484. The van der Waals surface area contributed by atoms with E-state index < -0.39 is 27.4 Å². The van der Waals surface area contributed by atoms with Crippen LogP contribution in [0.3, 0.4) is 0 Å². The van der Waals surface area contributed by atoms with Gasteiger partial charge in [0, 0.05) is 11.4 Å². The SMILES string of the molecule is COc1cccc(S(=O)(=O)N[C@@H](C(=O)OCCBr)C(C)(C)C)c1. The molecule has 130 valence electrons. The van der Waals surface area contributed by atoms with E-state index >= 15 is 0 Å². The average molecular weight is 408 g/mol. The Balaban J connectivity index is 3.08. The number of carbonyl (C=O) groups is 1. The van der Waals surface area contributed by atoms with Crippen molar-refractivity contribution in [1.29, 1.82) is 0 Å². The van der Waals surface area contributed by atoms with Crippen LogP contribution in [0.1, 0.15) is 20.8 Å². The molecule has 8 heteroatoms. The van der Waals surface area contributed by atoms with E-state index in [2.05, 4.69) is 20.7 Å². The smallest absolute Gasteiger partial charge is 0.324 e. The summed E-state index contributed by atoms with van der Waals surface area (Å²) in [7, 11) is -2.43. The molecule has 0 saturated heterocycles. The van der Waals surface area contributed by atoms with E-state index in [1.165, 1.54) is 19.2 Å². The molecule has 0 aromatic heterocycles. The van der Waals surface area contributed by atoms with E-state index in [1.807, 2.05) is 0 Å². The molecule has 0 aliphatic heterocycles. The summed E-state index contributed by atoms with van der Waals surface area (Å²) in [6.45, 7) is 5.47. The Morgan fingerprint density at radius 2 is 2.00 bits per heavy atom. The Morgan fingerprint density at radius 3 is 2.52 bits per heavy atom. The second-order valence-corrected chi connectivity index (χ2v) is 8.46. The van der Waals surface area contributed by atoms with Crippen molar-refractivity contribution in [3.05, 3.63) is 24.3 Å². The largest absolute Gasteiger partial charge is 0.497 e. The summed E-state index contributed by atoms with van der Waals surface area (Å²) in [5.41, 5.74) is -0.644. The van der Waals surface area contributed by atoms with Crippen LogP contribution in [0.4, 0.5) is 0 Å². The minimum Gasteiger partial charge on any atom is -0.497 e. The highest BCUT2D eigenvalue weighted by atomic mass is 79.9. The third-order valence-electron chi connectivity index (χ3n) is 3.05. The molecular weight excluding hydrogens is 386 g/mol. The fourth-order valence-electron chi connectivity index (χ4n) is 1.79. The van der Waals surface area contributed by atoms with Gasteiger partial charge in [0.1, 0.15) is 18.4 Å². The topological polar surface area (TPSA) is 81.7 Å². The maximum atomic E-state index is 12.6. The zero-order valence-electron chi connectivity index (χ0n) is 13.6. The van der Waals surface area contributed by atoms with Gasteiger partial charge in [0.05, 0.1) is 12.0 Å². The van der Waals surface area contributed by atoms with Crippen molar-refractivity contribution >= 4 is 31.9 Å². The standard InChI is InChI=1S/C15H22BrNO5S/c1-15(2,3)13(14(18)22-9-8-16)17-23(19,20)12-7-5-6-11(10-12)21-4/h5-7,10,13,17H,8-9H2,1-4H3/t13-/m0/s1. The second-order valence-electron chi connectivity index (χ2n) is 5.96. The first kappa shape index (κ1) is 19.9. The number of hydrogen-bond acceptors (Lipinski definition) is 5. The highest BCUT2D eigenvalue weighted by molar-refractivity contribution is 9.09. The molecule has 0 aliphatic carbocycles. The van der Waals surface area contributed by atoms with E-state index in [0.29, 0.717) is 11.1 Å². The van der Waals surface area contributed by atoms with Gasteiger partial charge in [-0.3, -0.25) is 4.79 Å². The number of halogens is 1. The van der Waals surface area contributed by atoms with Gasteiger partial charge in [0.25, 0.3) is 0 Å². The number of rotatable bonds is 7. The van der Waals surface area contributed by atoms with Crippen LogP contribution in [0.25, 0.3) is 0 Å². The summed E-state index contributed by atoms with van der Waals surface area (Å²) in [6.07, 6.45) is 0. The number of nitrogens with one attached hydrogen (secondary N) is 1. The fourth-order valence-corrected chi connectivity index (χ4v) is 3.38. The first-order valence-corrected chi connectivity index (χ1v) is 9.61. The summed E-state index contributed by atoms with van der Waals surface area (Å²) in [5.74, 6) is -0.189.